The van der Waals surface area contributed by atoms with E-state index in [1.165, 1.54) is 6.08 Å². The largest absolute Gasteiger partial charge is 0.471 e. The molecule has 27 heavy (non-hydrogen) atoms. The molecule has 1 aromatic carbocycles. The van der Waals surface area contributed by atoms with E-state index in [2.05, 4.69) is 15.9 Å². The van der Waals surface area contributed by atoms with Crippen molar-refractivity contribution in [1.82, 2.24) is 5.32 Å². The van der Waals surface area contributed by atoms with Gasteiger partial charge >= 0.3 is 12.1 Å². The SMILES string of the molecule is O=C1[C@@H]2[C@H]3C=C[C@@](CNC(=O)C(F)(F)F)(O3)[C@H]2C(=O)N1c1ccc(Br)cc1. The predicted octanol–water partition coefficient (Wildman–Crippen LogP) is 1.94. The van der Waals surface area contributed by atoms with Gasteiger partial charge in [-0.3, -0.25) is 14.4 Å². The average molecular weight is 445 g/mol. The molecular formula is C17H12BrF3N2O4. The van der Waals surface area contributed by atoms with Crippen molar-refractivity contribution in [2.45, 2.75) is 17.9 Å². The highest BCUT2D eigenvalue weighted by Gasteiger charge is 2.68. The number of alkyl halides is 3. The molecule has 2 saturated heterocycles. The molecule has 1 N–H and O–H groups in total. The van der Waals surface area contributed by atoms with E-state index in [1.54, 1.807) is 35.7 Å². The zero-order chi connectivity index (χ0) is 19.6. The summed E-state index contributed by atoms with van der Waals surface area (Å²) in [7, 11) is 0. The van der Waals surface area contributed by atoms with Crippen LogP contribution in [0, 0.1) is 11.8 Å². The van der Waals surface area contributed by atoms with Gasteiger partial charge in [0.25, 0.3) is 0 Å². The number of nitrogens with one attached hydrogen (secondary N) is 1. The maximum absolute atomic E-state index is 13.0. The van der Waals surface area contributed by atoms with Gasteiger partial charge in [-0.25, -0.2) is 4.90 Å². The van der Waals surface area contributed by atoms with Crippen LogP contribution in [0.5, 0.6) is 0 Å². The summed E-state index contributed by atoms with van der Waals surface area (Å²) in [5, 5.41) is 1.76. The van der Waals surface area contributed by atoms with Gasteiger partial charge in [0.2, 0.25) is 11.8 Å². The molecule has 142 valence electrons. The molecule has 10 heteroatoms. The van der Waals surface area contributed by atoms with Gasteiger partial charge in [0.15, 0.2) is 0 Å². The van der Waals surface area contributed by atoms with Crippen LogP contribution in [0.25, 0.3) is 0 Å². The Hall–Kier alpha value is -2.20. The normalized spacial score (nSPS) is 31.6. The second-order valence-corrected chi connectivity index (χ2v) is 7.48. The van der Waals surface area contributed by atoms with Crippen LogP contribution < -0.4 is 10.2 Å². The molecular weight excluding hydrogens is 433 g/mol. The summed E-state index contributed by atoms with van der Waals surface area (Å²) < 4.78 is 43.9. The Balaban J connectivity index is 1.62. The smallest absolute Gasteiger partial charge is 0.360 e. The van der Waals surface area contributed by atoms with Crippen LogP contribution in [-0.4, -0.2) is 42.1 Å². The topological polar surface area (TPSA) is 75.7 Å². The van der Waals surface area contributed by atoms with Crippen molar-refractivity contribution >= 4 is 39.3 Å². The molecule has 0 radical (unpaired) electrons. The third-order valence-electron chi connectivity index (χ3n) is 5.02. The van der Waals surface area contributed by atoms with Crippen molar-refractivity contribution in [2.24, 2.45) is 11.8 Å². The number of amides is 3. The quantitative estimate of drug-likeness (QED) is 0.570. The van der Waals surface area contributed by atoms with Gasteiger partial charge < -0.3 is 10.1 Å². The lowest BCUT2D eigenvalue weighted by Gasteiger charge is -2.29. The van der Waals surface area contributed by atoms with Crippen molar-refractivity contribution in [3.8, 4) is 0 Å². The van der Waals surface area contributed by atoms with Crippen molar-refractivity contribution in [1.29, 1.82) is 0 Å². The number of rotatable bonds is 3. The molecule has 2 bridgehead atoms. The van der Waals surface area contributed by atoms with Crippen LogP contribution in [0.4, 0.5) is 18.9 Å². The number of hydrogen-bond acceptors (Lipinski definition) is 4. The van der Waals surface area contributed by atoms with E-state index in [1.807, 2.05) is 0 Å². The Morgan fingerprint density at radius 2 is 1.89 bits per heavy atom. The summed E-state index contributed by atoms with van der Waals surface area (Å²) in [6.45, 7) is -0.549. The first-order valence-electron chi connectivity index (χ1n) is 8.00. The number of carbonyl (C=O) groups excluding carboxylic acids is 3. The Morgan fingerprint density at radius 3 is 2.52 bits per heavy atom. The molecule has 2 fully saturated rings. The van der Waals surface area contributed by atoms with Crippen LogP contribution in [0.2, 0.25) is 0 Å². The minimum Gasteiger partial charge on any atom is -0.360 e. The number of fused-ring (bicyclic) bond motifs is 5. The van der Waals surface area contributed by atoms with Crippen molar-refractivity contribution in [3.63, 3.8) is 0 Å². The van der Waals surface area contributed by atoms with Gasteiger partial charge in [-0.15, -0.1) is 0 Å². The second-order valence-electron chi connectivity index (χ2n) is 6.57. The number of ether oxygens (including phenoxy) is 1. The highest BCUT2D eigenvalue weighted by molar-refractivity contribution is 9.10. The lowest BCUT2D eigenvalue weighted by molar-refractivity contribution is -0.174. The molecule has 4 atom stereocenters. The highest BCUT2D eigenvalue weighted by atomic mass is 79.9. The Bertz CT molecular complexity index is 870. The van der Waals surface area contributed by atoms with E-state index in [9.17, 15) is 27.6 Å². The minimum absolute atomic E-state index is 0.372. The number of hydrogen-bond donors (Lipinski definition) is 1. The van der Waals surface area contributed by atoms with E-state index < -0.39 is 54.0 Å². The molecule has 0 aromatic heterocycles. The third-order valence-corrected chi connectivity index (χ3v) is 5.55. The highest BCUT2D eigenvalue weighted by Crippen LogP contribution is 2.52. The van der Waals surface area contributed by atoms with Gasteiger partial charge in [-0.1, -0.05) is 28.1 Å². The summed E-state index contributed by atoms with van der Waals surface area (Å²) in [6.07, 6.45) is -2.74. The Kier molecular flexibility index (Phi) is 3.97. The zero-order valence-corrected chi connectivity index (χ0v) is 15.1. The molecule has 0 aliphatic carbocycles. The molecule has 0 saturated carbocycles. The van der Waals surface area contributed by atoms with Gasteiger partial charge in [-0.05, 0) is 24.3 Å². The van der Waals surface area contributed by atoms with E-state index in [0.29, 0.717) is 5.69 Å². The van der Waals surface area contributed by atoms with Crippen LogP contribution in [0.1, 0.15) is 0 Å². The maximum Gasteiger partial charge on any atom is 0.471 e. The number of benzene rings is 1. The Morgan fingerprint density at radius 1 is 1.22 bits per heavy atom. The third kappa shape index (κ3) is 2.69. The van der Waals surface area contributed by atoms with Crippen molar-refractivity contribution in [3.05, 3.63) is 40.9 Å². The lowest BCUT2D eigenvalue weighted by Crippen LogP contribution is -2.51. The van der Waals surface area contributed by atoms with Crippen LogP contribution in [0.3, 0.4) is 0 Å². The molecule has 0 unspecified atom stereocenters. The summed E-state index contributed by atoms with van der Waals surface area (Å²) in [5.74, 6) is -4.96. The van der Waals surface area contributed by atoms with Crippen LogP contribution in [0.15, 0.2) is 40.9 Å². The number of nitrogens with zero attached hydrogens (tertiary/aromatic N) is 1. The van der Waals surface area contributed by atoms with Gasteiger partial charge in [0.05, 0.1) is 30.2 Å². The fourth-order valence-electron chi connectivity index (χ4n) is 3.87. The number of carbonyl (C=O) groups is 3. The van der Waals surface area contributed by atoms with Crippen LogP contribution in [-0.2, 0) is 19.1 Å². The first-order valence-corrected chi connectivity index (χ1v) is 8.79. The molecule has 6 nitrogen and oxygen atoms in total. The van der Waals surface area contributed by atoms with E-state index in [4.69, 9.17) is 4.74 Å². The fraction of sp³-hybridized carbons (Fsp3) is 0.353. The van der Waals surface area contributed by atoms with Gasteiger partial charge in [0.1, 0.15) is 5.60 Å². The molecule has 3 heterocycles. The fourth-order valence-corrected chi connectivity index (χ4v) is 4.13. The van der Waals surface area contributed by atoms with E-state index >= 15 is 0 Å². The van der Waals surface area contributed by atoms with E-state index in [-0.39, 0.29) is 0 Å². The monoisotopic (exact) mass is 444 g/mol. The lowest BCUT2D eigenvalue weighted by atomic mass is 9.77. The first kappa shape index (κ1) is 18.2. The summed E-state index contributed by atoms with van der Waals surface area (Å²) in [5.41, 5.74) is -1.09. The predicted molar refractivity (Wildman–Crippen MR) is 89.4 cm³/mol. The molecule has 1 aromatic rings. The maximum atomic E-state index is 13.0. The standard InChI is InChI=1S/C17H12BrF3N2O4/c18-8-1-3-9(4-2-8)23-13(24)11-10-5-6-16(27-10,12(11)14(23)25)7-22-15(26)17(19,20)21/h1-6,10-12H,7H2,(H,22,26)/t10-,11-,12-,16+/m1/s1. The molecule has 3 amide bonds. The molecule has 3 aliphatic heterocycles. The van der Waals surface area contributed by atoms with Crippen molar-refractivity contribution in [2.75, 3.05) is 11.4 Å². The number of anilines is 1. The molecule has 3 aliphatic rings. The minimum atomic E-state index is -5.05. The molecule has 4 rings (SSSR count). The average Bonchev–Trinajstić information content (AvgIpc) is 3.24. The number of imide groups is 1. The van der Waals surface area contributed by atoms with E-state index in [0.717, 1.165) is 9.37 Å². The van der Waals surface area contributed by atoms with Gasteiger partial charge in [0, 0.05) is 4.47 Å². The summed E-state index contributed by atoms with van der Waals surface area (Å²) >= 11 is 3.27. The van der Waals surface area contributed by atoms with Crippen LogP contribution >= 0.6 is 15.9 Å². The van der Waals surface area contributed by atoms with Crippen molar-refractivity contribution < 1.29 is 32.3 Å². The van der Waals surface area contributed by atoms with Gasteiger partial charge in [-0.2, -0.15) is 13.2 Å². The number of halogens is 4. The summed E-state index contributed by atoms with van der Waals surface area (Å²) in [6, 6.07) is 6.53. The Labute approximate surface area is 159 Å². The molecule has 0 spiro atoms. The first-order chi connectivity index (χ1) is 12.6. The zero-order valence-electron chi connectivity index (χ0n) is 13.5. The second kappa shape index (κ2) is 5.90. The summed E-state index contributed by atoms with van der Waals surface area (Å²) in [4.78, 5) is 38.0.